The van der Waals surface area contributed by atoms with E-state index in [1.54, 1.807) is 0 Å². The Balaban J connectivity index is 2.19. The highest BCUT2D eigenvalue weighted by Crippen LogP contribution is 2.21. The van der Waals surface area contributed by atoms with Gasteiger partial charge in [-0.25, -0.2) is 19.2 Å². The third kappa shape index (κ3) is 1.53. The standard InChI is InChI=1S/C11H7FN4O2/c12-5-1-2-6-7(3-5)16-10(15-6)8-9(11(17)18)14-4-13-8/h1-4H,(H,13,14)(H,15,16)(H,17,18). The molecule has 0 aliphatic carbocycles. The predicted molar refractivity (Wildman–Crippen MR) is 60.6 cm³/mol. The van der Waals surface area contributed by atoms with E-state index < -0.39 is 11.8 Å². The van der Waals surface area contributed by atoms with E-state index in [1.807, 2.05) is 0 Å². The number of aromatic nitrogens is 4. The average molecular weight is 246 g/mol. The van der Waals surface area contributed by atoms with Crippen molar-refractivity contribution in [2.75, 3.05) is 0 Å². The van der Waals surface area contributed by atoms with Gasteiger partial charge in [0.05, 0.1) is 17.4 Å². The highest BCUT2D eigenvalue weighted by molar-refractivity contribution is 5.92. The van der Waals surface area contributed by atoms with Crippen molar-refractivity contribution in [2.45, 2.75) is 0 Å². The van der Waals surface area contributed by atoms with Gasteiger partial charge in [-0.3, -0.25) is 0 Å². The average Bonchev–Trinajstić information content (AvgIpc) is 2.93. The molecule has 0 aliphatic heterocycles. The zero-order valence-corrected chi connectivity index (χ0v) is 8.94. The molecule has 0 bridgehead atoms. The summed E-state index contributed by atoms with van der Waals surface area (Å²) in [6.07, 6.45) is 1.27. The molecule has 2 aromatic heterocycles. The van der Waals surface area contributed by atoms with Gasteiger partial charge in [0.15, 0.2) is 11.5 Å². The van der Waals surface area contributed by atoms with Crippen LogP contribution in [0.15, 0.2) is 24.5 Å². The van der Waals surface area contributed by atoms with Crippen molar-refractivity contribution in [3.05, 3.63) is 36.0 Å². The van der Waals surface area contributed by atoms with Gasteiger partial charge in [-0.1, -0.05) is 0 Å². The van der Waals surface area contributed by atoms with Gasteiger partial charge < -0.3 is 15.1 Å². The molecule has 0 aliphatic rings. The van der Waals surface area contributed by atoms with Gasteiger partial charge in [0.1, 0.15) is 11.5 Å². The molecule has 90 valence electrons. The fourth-order valence-electron chi connectivity index (χ4n) is 1.73. The van der Waals surface area contributed by atoms with E-state index in [1.165, 1.54) is 24.5 Å². The van der Waals surface area contributed by atoms with Gasteiger partial charge in [-0.2, -0.15) is 0 Å². The summed E-state index contributed by atoms with van der Waals surface area (Å²) in [4.78, 5) is 24.4. The largest absolute Gasteiger partial charge is 0.477 e. The lowest BCUT2D eigenvalue weighted by molar-refractivity contribution is 0.0692. The van der Waals surface area contributed by atoms with Crippen molar-refractivity contribution in [3.63, 3.8) is 0 Å². The van der Waals surface area contributed by atoms with Crippen LogP contribution in [-0.2, 0) is 0 Å². The van der Waals surface area contributed by atoms with E-state index in [0.717, 1.165) is 0 Å². The Hall–Kier alpha value is -2.70. The molecule has 0 unspecified atom stereocenters. The number of aromatic carboxylic acids is 1. The van der Waals surface area contributed by atoms with Gasteiger partial charge in [0.2, 0.25) is 0 Å². The minimum Gasteiger partial charge on any atom is -0.477 e. The van der Waals surface area contributed by atoms with Crippen molar-refractivity contribution < 1.29 is 14.3 Å². The van der Waals surface area contributed by atoms with Gasteiger partial charge in [-0.15, -0.1) is 0 Å². The molecule has 6 nitrogen and oxygen atoms in total. The third-order valence-corrected chi connectivity index (χ3v) is 2.52. The number of carboxylic acid groups (broad SMARTS) is 1. The van der Waals surface area contributed by atoms with Crippen LogP contribution in [0, 0.1) is 5.82 Å². The molecule has 1 aromatic carbocycles. The number of carbonyl (C=O) groups is 1. The number of hydrogen-bond donors (Lipinski definition) is 3. The Labute approximate surface area is 99.5 Å². The van der Waals surface area contributed by atoms with Gasteiger partial charge in [-0.05, 0) is 18.2 Å². The van der Waals surface area contributed by atoms with Crippen molar-refractivity contribution in [1.82, 2.24) is 19.9 Å². The number of carboxylic acids is 1. The van der Waals surface area contributed by atoms with Crippen molar-refractivity contribution in [1.29, 1.82) is 0 Å². The van der Waals surface area contributed by atoms with Crippen LogP contribution in [0.5, 0.6) is 0 Å². The zero-order chi connectivity index (χ0) is 12.7. The van der Waals surface area contributed by atoms with E-state index in [4.69, 9.17) is 5.11 Å². The molecular weight excluding hydrogens is 239 g/mol. The quantitative estimate of drug-likeness (QED) is 0.642. The lowest BCUT2D eigenvalue weighted by Gasteiger charge is -1.92. The molecule has 3 aromatic rings. The molecule has 18 heavy (non-hydrogen) atoms. The maximum Gasteiger partial charge on any atom is 0.354 e. The molecular formula is C11H7FN4O2. The Morgan fingerprint density at radius 3 is 3.00 bits per heavy atom. The fourth-order valence-corrected chi connectivity index (χ4v) is 1.73. The molecule has 0 fully saturated rings. The van der Waals surface area contributed by atoms with Gasteiger partial charge >= 0.3 is 5.97 Å². The van der Waals surface area contributed by atoms with E-state index >= 15 is 0 Å². The van der Waals surface area contributed by atoms with E-state index in [2.05, 4.69) is 19.9 Å². The van der Waals surface area contributed by atoms with Gasteiger partial charge in [0, 0.05) is 0 Å². The SMILES string of the molecule is O=C(O)c1[nH]cnc1-c1nc2ccc(F)cc2[nH]1. The van der Waals surface area contributed by atoms with Crippen LogP contribution in [0.4, 0.5) is 4.39 Å². The molecule has 0 amide bonds. The normalized spacial score (nSPS) is 10.9. The van der Waals surface area contributed by atoms with Crippen LogP contribution >= 0.6 is 0 Å². The topological polar surface area (TPSA) is 94.7 Å². The van der Waals surface area contributed by atoms with E-state index in [0.29, 0.717) is 11.0 Å². The number of nitrogens with zero attached hydrogens (tertiary/aromatic N) is 2. The molecule has 7 heteroatoms. The molecule has 3 rings (SSSR count). The molecule has 2 heterocycles. The first kappa shape index (κ1) is 10.5. The smallest absolute Gasteiger partial charge is 0.354 e. The number of fused-ring (bicyclic) bond motifs is 1. The van der Waals surface area contributed by atoms with Crippen LogP contribution in [-0.4, -0.2) is 31.0 Å². The van der Waals surface area contributed by atoms with Crippen LogP contribution in [0.1, 0.15) is 10.5 Å². The predicted octanol–water partition coefficient (Wildman–Crippen LogP) is 1.79. The molecule has 3 N–H and O–H groups in total. The fraction of sp³-hybridized carbons (Fsp3) is 0. The summed E-state index contributed by atoms with van der Waals surface area (Å²) in [5.41, 5.74) is 1.17. The molecule has 0 spiro atoms. The summed E-state index contributed by atoms with van der Waals surface area (Å²) in [7, 11) is 0. The minimum atomic E-state index is -1.13. The zero-order valence-electron chi connectivity index (χ0n) is 8.94. The number of H-pyrrole nitrogens is 2. The second kappa shape index (κ2) is 3.66. The number of imidazole rings is 2. The molecule has 0 saturated carbocycles. The summed E-state index contributed by atoms with van der Waals surface area (Å²) in [5, 5.41) is 8.96. The lowest BCUT2D eigenvalue weighted by atomic mass is 10.3. The molecule has 0 radical (unpaired) electrons. The summed E-state index contributed by atoms with van der Waals surface area (Å²) >= 11 is 0. The lowest BCUT2D eigenvalue weighted by Crippen LogP contribution is -1.99. The van der Waals surface area contributed by atoms with Crippen molar-refractivity contribution in [3.8, 4) is 11.5 Å². The van der Waals surface area contributed by atoms with Gasteiger partial charge in [0.25, 0.3) is 0 Å². The summed E-state index contributed by atoms with van der Waals surface area (Å²) in [5.74, 6) is -1.23. The maximum atomic E-state index is 13.0. The first-order valence-corrected chi connectivity index (χ1v) is 5.07. The number of hydrogen-bond acceptors (Lipinski definition) is 3. The highest BCUT2D eigenvalue weighted by atomic mass is 19.1. The van der Waals surface area contributed by atoms with Crippen LogP contribution in [0.2, 0.25) is 0 Å². The molecule has 0 atom stereocenters. The Morgan fingerprint density at radius 1 is 1.39 bits per heavy atom. The van der Waals surface area contributed by atoms with Crippen LogP contribution in [0.3, 0.4) is 0 Å². The van der Waals surface area contributed by atoms with Crippen molar-refractivity contribution in [2.24, 2.45) is 0 Å². The highest BCUT2D eigenvalue weighted by Gasteiger charge is 2.17. The summed E-state index contributed by atoms with van der Waals surface area (Å²) < 4.78 is 13.0. The first-order chi connectivity index (χ1) is 8.65. The Bertz CT molecular complexity index is 746. The second-order valence-electron chi connectivity index (χ2n) is 3.68. The van der Waals surface area contributed by atoms with Crippen LogP contribution < -0.4 is 0 Å². The Kier molecular flexibility index (Phi) is 2.12. The number of halogens is 1. The maximum absolute atomic E-state index is 13.0. The number of nitrogens with one attached hydrogen (secondary N) is 2. The summed E-state index contributed by atoms with van der Waals surface area (Å²) in [6.45, 7) is 0. The first-order valence-electron chi connectivity index (χ1n) is 5.07. The second-order valence-corrected chi connectivity index (χ2v) is 3.68. The minimum absolute atomic E-state index is 0.0606. The van der Waals surface area contributed by atoms with Crippen LogP contribution in [0.25, 0.3) is 22.6 Å². The Morgan fingerprint density at radius 2 is 2.22 bits per heavy atom. The number of aromatic amines is 2. The summed E-state index contributed by atoms with van der Waals surface area (Å²) in [6, 6.07) is 4.09. The third-order valence-electron chi connectivity index (χ3n) is 2.52. The molecule has 0 saturated heterocycles. The monoisotopic (exact) mass is 246 g/mol. The van der Waals surface area contributed by atoms with E-state index in [9.17, 15) is 9.18 Å². The number of benzene rings is 1. The number of rotatable bonds is 2. The van der Waals surface area contributed by atoms with E-state index in [-0.39, 0.29) is 17.2 Å². The van der Waals surface area contributed by atoms with Crippen molar-refractivity contribution >= 4 is 17.0 Å².